The van der Waals surface area contributed by atoms with E-state index in [9.17, 15) is 19.2 Å². The molecule has 276 valence electrons. The number of rotatable bonds is 10. The lowest BCUT2D eigenvalue weighted by Gasteiger charge is -2.41. The molecular formula is C41H52N6O5. The van der Waals surface area contributed by atoms with Gasteiger partial charge in [0.05, 0.1) is 6.04 Å². The van der Waals surface area contributed by atoms with Crippen LogP contribution in [0.2, 0.25) is 0 Å². The summed E-state index contributed by atoms with van der Waals surface area (Å²) in [5, 5.41) is 12.9. The van der Waals surface area contributed by atoms with Crippen molar-refractivity contribution in [3.8, 4) is 0 Å². The molecule has 2 aliphatic heterocycles. The minimum Gasteiger partial charge on any atom is -0.446 e. The molecule has 1 fully saturated rings. The Morgan fingerprint density at radius 2 is 1.21 bits per heavy atom. The van der Waals surface area contributed by atoms with Gasteiger partial charge in [0.1, 0.15) is 12.6 Å². The largest absolute Gasteiger partial charge is 0.446 e. The van der Waals surface area contributed by atoms with Gasteiger partial charge in [-0.3, -0.25) is 14.4 Å². The minimum absolute atomic E-state index is 0.0390. The number of carbonyl (C=O) groups excluding carboxylic acids is 4. The van der Waals surface area contributed by atoms with Crippen LogP contribution in [0.4, 0.5) is 27.5 Å². The quantitative estimate of drug-likeness (QED) is 0.175. The molecule has 0 aromatic heterocycles. The number of alkyl carbamates (subject to hydrolysis) is 1. The van der Waals surface area contributed by atoms with E-state index >= 15 is 0 Å². The number of ether oxygens (including phenoxy) is 1. The molecule has 52 heavy (non-hydrogen) atoms. The predicted octanol–water partition coefficient (Wildman–Crippen LogP) is 7.22. The molecule has 4 amide bonds. The molecule has 4 atom stereocenters. The number of nitrogens with zero attached hydrogens (tertiary/aromatic N) is 2. The highest BCUT2D eigenvalue weighted by molar-refractivity contribution is 5.96. The van der Waals surface area contributed by atoms with Crippen molar-refractivity contribution in [2.75, 3.05) is 27.0 Å². The van der Waals surface area contributed by atoms with Crippen molar-refractivity contribution < 1.29 is 23.9 Å². The van der Waals surface area contributed by atoms with Gasteiger partial charge in [0.25, 0.3) is 0 Å². The summed E-state index contributed by atoms with van der Waals surface area (Å²) in [5.74, 6) is -0.0814. The van der Waals surface area contributed by atoms with E-state index in [1.807, 2.05) is 84.3 Å². The lowest BCUT2D eigenvalue weighted by molar-refractivity contribution is -0.119. The first-order chi connectivity index (χ1) is 25.1. The van der Waals surface area contributed by atoms with Crippen molar-refractivity contribution >= 4 is 46.6 Å². The molecule has 0 spiro atoms. The van der Waals surface area contributed by atoms with Crippen LogP contribution in [0.1, 0.15) is 102 Å². The summed E-state index contributed by atoms with van der Waals surface area (Å²) >= 11 is 0. The van der Waals surface area contributed by atoms with Gasteiger partial charge >= 0.3 is 6.09 Å². The van der Waals surface area contributed by atoms with E-state index in [1.165, 1.54) is 0 Å². The molecule has 3 aliphatic rings. The lowest BCUT2D eigenvalue weighted by Crippen LogP contribution is -2.47. The fraction of sp³-hybridized carbons (Fsp3) is 0.463. The summed E-state index contributed by atoms with van der Waals surface area (Å²) in [4.78, 5) is 54.4. The van der Waals surface area contributed by atoms with E-state index in [-0.39, 0.29) is 60.6 Å². The maximum Gasteiger partial charge on any atom is 0.407 e. The predicted molar refractivity (Wildman–Crippen MR) is 204 cm³/mol. The number of carbonyl (C=O) groups is 4. The van der Waals surface area contributed by atoms with Crippen molar-refractivity contribution in [3.63, 3.8) is 0 Å². The third-order valence-corrected chi connectivity index (χ3v) is 10.6. The van der Waals surface area contributed by atoms with Crippen LogP contribution in [0.15, 0.2) is 72.8 Å². The molecule has 0 bridgehead atoms. The Labute approximate surface area is 306 Å². The highest BCUT2D eigenvalue weighted by Crippen LogP contribution is 2.40. The van der Waals surface area contributed by atoms with Crippen LogP contribution in [0.3, 0.4) is 0 Å². The number of para-hydroxylation sites is 2. The lowest BCUT2D eigenvalue weighted by atomic mass is 9.88. The third-order valence-electron chi connectivity index (χ3n) is 10.6. The standard InChI is InChI=1S/C41H52N6O5/c1-5-39(49)46-26(3)23-34(32-11-7-9-13-36(32)46)43-28-15-17-30(18-16-28)45-38(48)25-42-41(51)52-31-21-19-29(20-22-31)44-35-24-27(4)47(40(50)6-2)37-14-10-8-12-33(35)37/h7-18,26-27,29,31,34-35,43-44H,5-6,19-25H2,1-4H3,(H,42,51)(H,45,48)/t26-,27-,29?,31?,34+,35+/m0/s1. The first-order valence-corrected chi connectivity index (χ1v) is 18.8. The number of amides is 4. The Kier molecular flexibility index (Phi) is 11.8. The smallest absolute Gasteiger partial charge is 0.407 e. The van der Waals surface area contributed by atoms with Crippen LogP contribution in [0.25, 0.3) is 0 Å². The minimum atomic E-state index is -0.594. The normalized spacial score (nSPS) is 23.8. The number of hydrogen-bond acceptors (Lipinski definition) is 7. The Morgan fingerprint density at radius 1 is 0.692 bits per heavy atom. The Morgan fingerprint density at radius 3 is 1.79 bits per heavy atom. The fourth-order valence-electron chi connectivity index (χ4n) is 8.05. The van der Waals surface area contributed by atoms with E-state index in [2.05, 4.69) is 47.2 Å². The van der Waals surface area contributed by atoms with Gasteiger partial charge < -0.3 is 35.8 Å². The molecule has 11 heteroatoms. The van der Waals surface area contributed by atoms with Crippen molar-refractivity contribution in [1.29, 1.82) is 0 Å². The summed E-state index contributed by atoms with van der Waals surface area (Å²) in [5.41, 5.74) is 5.70. The third kappa shape index (κ3) is 8.41. The SMILES string of the molecule is CCC(=O)N1c2ccccc2[C@H](Nc2ccc(NC(=O)CNC(=O)OC3CCC(N[C@@H]4C[C@H](C)N(C(=O)CC)c5ccccc54)CC3)cc2)C[C@@H]1C. The average molecular weight is 709 g/mol. The van der Waals surface area contributed by atoms with Gasteiger partial charge in [-0.05, 0) is 99.9 Å². The van der Waals surface area contributed by atoms with Gasteiger partial charge in [-0.15, -0.1) is 0 Å². The summed E-state index contributed by atoms with van der Waals surface area (Å²) in [6, 6.07) is 24.3. The maximum absolute atomic E-state index is 12.7. The van der Waals surface area contributed by atoms with E-state index in [1.54, 1.807) is 0 Å². The molecule has 1 saturated carbocycles. The van der Waals surface area contributed by atoms with Gasteiger partial charge in [0, 0.05) is 59.8 Å². The van der Waals surface area contributed by atoms with Gasteiger partial charge in [0.15, 0.2) is 0 Å². The van der Waals surface area contributed by atoms with E-state index < -0.39 is 6.09 Å². The second-order valence-corrected chi connectivity index (χ2v) is 14.3. The second kappa shape index (κ2) is 16.6. The molecule has 0 radical (unpaired) electrons. The highest BCUT2D eigenvalue weighted by atomic mass is 16.6. The maximum atomic E-state index is 12.7. The van der Waals surface area contributed by atoms with Crippen molar-refractivity contribution in [1.82, 2.24) is 10.6 Å². The van der Waals surface area contributed by atoms with Crippen LogP contribution < -0.4 is 31.1 Å². The zero-order valence-corrected chi connectivity index (χ0v) is 30.7. The molecule has 1 aliphatic carbocycles. The Bertz CT molecular complexity index is 1740. The molecule has 0 saturated heterocycles. The number of anilines is 4. The molecule has 6 rings (SSSR count). The van der Waals surface area contributed by atoms with Crippen LogP contribution in [0, 0.1) is 0 Å². The molecule has 3 aromatic carbocycles. The Balaban J connectivity index is 0.926. The molecule has 2 heterocycles. The molecule has 4 N–H and O–H groups in total. The summed E-state index contributed by atoms with van der Waals surface area (Å²) < 4.78 is 5.67. The Hall–Kier alpha value is -4.90. The topological polar surface area (TPSA) is 132 Å². The number of fused-ring (bicyclic) bond motifs is 2. The molecule has 3 aromatic rings. The zero-order valence-electron chi connectivity index (χ0n) is 30.7. The van der Waals surface area contributed by atoms with E-state index in [4.69, 9.17) is 4.74 Å². The van der Waals surface area contributed by atoms with Crippen LogP contribution in [0.5, 0.6) is 0 Å². The van der Waals surface area contributed by atoms with Crippen molar-refractivity contribution in [2.45, 2.75) is 115 Å². The molecular weight excluding hydrogens is 656 g/mol. The first kappa shape index (κ1) is 36.9. The van der Waals surface area contributed by atoms with Crippen molar-refractivity contribution in [3.05, 3.63) is 83.9 Å². The van der Waals surface area contributed by atoms with Gasteiger partial charge in [0.2, 0.25) is 17.7 Å². The van der Waals surface area contributed by atoms with Gasteiger partial charge in [-0.2, -0.15) is 0 Å². The summed E-state index contributed by atoms with van der Waals surface area (Å²) in [6.07, 6.45) is 4.99. The van der Waals surface area contributed by atoms with Crippen LogP contribution in [-0.2, 0) is 19.1 Å². The molecule has 0 unspecified atom stereocenters. The number of hydrogen-bond donors (Lipinski definition) is 4. The highest BCUT2D eigenvalue weighted by Gasteiger charge is 2.35. The zero-order chi connectivity index (χ0) is 36.8. The van der Waals surface area contributed by atoms with Gasteiger partial charge in [-0.1, -0.05) is 50.2 Å². The fourth-order valence-corrected chi connectivity index (χ4v) is 8.05. The summed E-state index contributed by atoms with van der Waals surface area (Å²) in [6.45, 7) is 7.78. The number of nitrogens with one attached hydrogen (secondary N) is 4. The molecule has 11 nitrogen and oxygen atoms in total. The summed E-state index contributed by atoms with van der Waals surface area (Å²) in [7, 11) is 0. The van der Waals surface area contributed by atoms with Gasteiger partial charge in [-0.25, -0.2) is 4.79 Å². The van der Waals surface area contributed by atoms with Crippen LogP contribution >= 0.6 is 0 Å². The first-order valence-electron chi connectivity index (χ1n) is 18.8. The van der Waals surface area contributed by atoms with Crippen molar-refractivity contribution in [2.24, 2.45) is 0 Å². The van der Waals surface area contributed by atoms with E-state index in [0.717, 1.165) is 66.7 Å². The second-order valence-electron chi connectivity index (χ2n) is 14.3. The van der Waals surface area contributed by atoms with E-state index in [0.29, 0.717) is 18.5 Å². The van der Waals surface area contributed by atoms with Crippen LogP contribution in [-0.4, -0.2) is 54.6 Å². The monoisotopic (exact) mass is 708 g/mol. The average Bonchev–Trinajstić information content (AvgIpc) is 3.15. The number of benzene rings is 3.